The molecule has 0 saturated carbocycles. The average Bonchev–Trinajstić information content (AvgIpc) is 2.16. The van der Waals surface area contributed by atoms with Crippen LogP contribution in [0.5, 0.6) is 0 Å². The number of hydrogen-bond acceptors (Lipinski definition) is 4. The normalized spacial score (nSPS) is 12.2. The number of aliphatic carboxylic acids is 1. The van der Waals surface area contributed by atoms with Crippen LogP contribution in [0.4, 0.5) is 0 Å². The van der Waals surface area contributed by atoms with Crippen LogP contribution in [0.25, 0.3) is 0 Å². The Bertz CT molecular complexity index is 220. The maximum atomic E-state index is 11.3. The molecule has 1 amide bonds. The van der Waals surface area contributed by atoms with Crippen molar-refractivity contribution in [2.24, 2.45) is 5.73 Å². The highest BCUT2D eigenvalue weighted by Crippen LogP contribution is 2.02. The Kier molecular flexibility index (Phi) is 6.64. The number of hydrogen-bond donors (Lipinski definition) is 3. The maximum Gasteiger partial charge on any atom is 0.323 e. The molecule has 0 saturated heterocycles. The molecule has 0 spiro atoms. The van der Waals surface area contributed by atoms with Crippen LogP contribution in [0.2, 0.25) is 0 Å². The number of aliphatic hydroxyl groups excluding tert-OH is 1. The average molecular weight is 218 g/mol. The first-order valence-corrected chi connectivity index (χ1v) is 4.81. The van der Waals surface area contributed by atoms with E-state index in [1.165, 1.54) is 7.05 Å². The van der Waals surface area contributed by atoms with Gasteiger partial charge in [-0.3, -0.25) is 9.59 Å². The van der Waals surface area contributed by atoms with Crippen molar-refractivity contribution < 1.29 is 19.8 Å². The topological polar surface area (TPSA) is 104 Å². The van der Waals surface area contributed by atoms with Gasteiger partial charge in [0.05, 0.1) is 6.10 Å². The number of carboxylic acid groups (broad SMARTS) is 1. The Morgan fingerprint density at radius 3 is 2.53 bits per heavy atom. The second-order valence-electron chi connectivity index (χ2n) is 3.43. The van der Waals surface area contributed by atoms with Gasteiger partial charge in [-0.05, 0) is 12.8 Å². The van der Waals surface area contributed by atoms with E-state index in [9.17, 15) is 9.59 Å². The highest BCUT2D eigenvalue weighted by Gasteiger charge is 2.12. The van der Waals surface area contributed by atoms with Gasteiger partial charge < -0.3 is 20.8 Å². The first kappa shape index (κ1) is 13.9. The minimum atomic E-state index is -1.03. The highest BCUT2D eigenvalue weighted by atomic mass is 16.4. The number of aliphatic hydroxyl groups is 1. The van der Waals surface area contributed by atoms with Crippen molar-refractivity contribution in [2.75, 3.05) is 20.1 Å². The van der Waals surface area contributed by atoms with E-state index in [0.717, 1.165) is 4.90 Å². The van der Waals surface area contributed by atoms with Gasteiger partial charge in [0.1, 0.15) is 6.54 Å². The number of nitrogens with zero attached hydrogens (tertiary/aromatic N) is 1. The van der Waals surface area contributed by atoms with Gasteiger partial charge in [0, 0.05) is 20.0 Å². The van der Waals surface area contributed by atoms with E-state index < -0.39 is 12.1 Å². The molecule has 0 aliphatic carbocycles. The largest absolute Gasteiger partial charge is 0.480 e. The Balaban J connectivity index is 3.69. The molecule has 88 valence electrons. The number of carbonyl (C=O) groups excluding carboxylic acids is 1. The van der Waals surface area contributed by atoms with Gasteiger partial charge in [0.15, 0.2) is 0 Å². The molecule has 0 heterocycles. The van der Waals surface area contributed by atoms with E-state index in [4.69, 9.17) is 15.9 Å². The number of rotatable bonds is 7. The fraction of sp³-hybridized carbons (Fsp3) is 0.778. The molecule has 15 heavy (non-hydrogen) atoms. The van der Waals surface area contributed by atoms with E-state index in [0.29, 0.717) is 12.8 Å². The summed E-state index contributed by atoms with van der Waals surface area (Å²) in [6, 6.07) is 0. The third kappa shape index (κ3) is 6.87. The smallest absolute Gasteiger partial charge is 0.323 e. The fourth-order valence-corrected chi connectivity index (χ4v) is 1.09. The molecule has 0 aromatic heterocycles. The van der Waals surface area contributed by atoms with E-state index in [1.54, 1.807) is 0 Å². The van der Waals surface area contributed by atoms with E-state index >= 15 is 0 Å². The molecule has 0 aromatic carbocycles. The summed E-state index contributed by atoms with van der Waals surface area (Å²) in [7, 11) is 1.44. The molecule has 6 heteroatoms. The van der Waals surface area contributed by atoms with Crippen LogP contribution in [-0.4, -0.2) is 53.2 Å². The lowest BCUT2D eigenvalue weighted by Gasteiger charge is -2.14. The summed E-state index contributed by atoms with van der Waals surface area (Å²) in [6.07, 6.45) is 0.632. The van der Waals surface area contributed by atoms with Crippen LogP contribution >= 0.6 is 0 Å². The lowest BCUT2D eigenvalue weighted by atomic mass is 10.1. The van der Waals surface area contributed by atoms with Crippen LogP contribution in [-0.2, 0) is 9.59 Å². The number of nitrogens with two attached hydrogens (primary N) is 1. The van der Waals surface area contributed by atoms with Crippen LogP contribution in [0.3, 0.4) is 0 Å². The summed E-state index contributed by atoms with van der Waals surface area (Å²) >= 11 is 0. The first-order valence-electron chi connectivity index (χ1n) is 4.81. The Morgan fingerprint density at radius 2 is 2.07 bits per heavy atom. The number of likely N-dealkylation sites (N-methyl/N-ethyl adjacent to an activating group) is 1. The van der Waals surface area contributed by atoms with Crippen molar-refractivity contribution in [1.82, 2.24) is 4.90 Å². The summed E-state index contributed by atoms with van der Waals surface area (Å²) in [6.45, 7) is -0.114. The van der Waals surface area contributed by atoms with Crippen molar-refractivity contribution in [3.63, 3.8) is 0 Å². The van der Waals surface area contributed by atoms with Crippen molar-refractivity contribution in [3.05, 3.63) is 0 Å². The minimum Gasteiger partial charge on any atom is -0.480 e. The predicted octanol–water partition coefficient (Wildman–Crippen LogP) is -0.981. The Labute approximate surface area is 88.7 Å². The van der Waals surface area contributed by atoms with Crippen molar-refractivity contribution >= 4 is 11.9 Å². The zero-order valence-electron chi connectivity index (χ0n) is 8.85. The van der Waals surface area contributed by atoms with Gasteiger partial charge in [-0.25, -0.2) is 0 Å². The van der Waals surface area contributed by atoms with Crippen molar-refractivity contribution in [3.8, 4) is 0 Å². The first-order chi connectivity index (χ1) is 6.97. The van der Waals surface area contributed by atoms with Gasteiger partial charge in [0.25, 0.3) is 0 Å². The van der Waals surface area contributed by atoms with Gasteiger partial charge in [-0.15, -0.1) is 0 Å². The SMILES string of the molecule is CN(CC(=O)O)C(=O)CCC[C@H](O)CN. The van der Waals surface area contributed by atoms with Gasteiger partial charge in [0.2, 0.25) is 5.91 Å². The summed E-state index contributed by atoms with van der Waals surface area (Å²) in [5.41, 5.74) is 5.19. The third-order valence-corrected chi connectivity index (χ3v) is 2.00. The second kappa shape index (κ2) is 7.19. The van der Waals surface area contributed by atoms with Gasteiger partial charge in [-0.1, -0.05) is 0 Å². The Morgan fingerprint density at radius 1 is 1.47 bits per heavy atom. The zero-order valence-corrected chi connectivity index (χ0v) is 8.85. The maximum absolute atomic E-state index is 11.3. The minimum absolute atomic E-state index is 0.180. The summed E-state index contributed by atoms with van der Waals surface area (Å²) in [4.78, 5) is 22.7. The molecule has 0 fully saturated rings. The molecule has 0 aromatic rings. The van der Waals surface area contributed by atoms with Crippen molar-refractivity contribution in [2.45, 2.75) is 25.4 Å². The quantitative estimate of drug-likeness (QED) is 0.509. The second-order valence-corrected chi connectivity index (χ2v) is 3.43. The molecule has 0 rings (SSSR count). The van der Waals surface area contributed by atoms with Crippen molar-refractivity contribution in [1.29, 1.82) is 0 Å². The number of amides is 1. The molecule has 0 radical (unpaired) electrons. The molecule has 0 bridgehead atoms. The van der Waals surface area contributed by atoms with E-state index in [2.05, 4.69) is 0 Å². The van der Waals surface area contributed by atoms with Crippen LogP contribution in [0, 0.1) is 0 Å². The Hall–Kier alpha value is -1.14. The molecular weight excluding hydrogens is 200 g/mol. The molecule has 0 unspecified atom stereocenters. The number of carboxylic acids is 1. The standard InChI is InChI=1S/C9H18N2O4/c1-11(6-9(14)15)8(13)4-2-3-7(12)5-10/h7,12H,2-6,10H2,1H3,(H,14,15)/t7-/m0/s1. The third-order valence-electron chi connectivity index (χ3n) is 2.00. The summed E-state index contributed by atoms with van der Waals surface area (Å²) in [5.74, 6) is -1.27. The number of carbonyl (C=O) groups is 2. The molecule has 6 nitrogen and oxygen atoms in total. The predicted molar refractivity (Wildman–Crippen MR) is 54.2 cm³/mol. The lowest BCUT2D eigenvalue weighted by molar-refractivity contribution is -0.143. The zero-order chi connectivity index (χ0) is 11.8. The van der Waals surface area contributed by atoms with E-state index in [1.807, 2.05) is 0 Å². The van der Waals surface area contributed by atoms with E-state index in [-0.39, 0.29) is 25.4 Å². The fourth-order valence-electron chi connectivity index (χ4n) is 1.09. The molecular formula is C9H18N2O4. The van der Waals surface area contributed by atoms with Crippen LogP contribution in [0.1, 0.15) is 19.3 Å². The highest BCUT2D eigenvalue weighted by molar-refractivity contribution is 5.80. The lowest BCUT2D eigenvalue weighted by Crippen LogP contribution is -2.32. The monoisotopic (exact) mass is 218 g/mol. The van der Waals surface area contributed by atoms with Crippen LogP contribution in [0.15, 0.2) is 0 Å². The summed E-state index contributed by atoms with van der Waals surface area (Å²) in [5, 5.41) is 17.5. The molecule has 0 aliphatic rings. The van der Waals surface area contributed by atoms with Crippen LogP contribution < -0.4 is 5.73 Å². The molecule has 0 aliphatic heterocycles. The summed E-state index contributed by atoms with van der Waals surface area (Å²) < 4.78 is 0. The van der Waals surface area contributed by atoms with Gasteiger partial charge >= 0.3 is 5.97 Å². The molecule has 4 N–H and O–H groups in total. The molecule has 1 atom stereocenters. The van der Waals surface area contributed by atoms with Gasteiger partial charge in [-0.2, -0.15) is 0 Å².